The van der Waals surface area contributed by atoms with E-state index in [-0.39, 0.29) is 0 Å². The molecule has 1 aliphatic carbocycles. The predicted molar refractivity (Wildman–Crippen MR) is 66.3 cm³/mol. The van der Waals surface area contributed by atoms with Gasteiger partial charge in [0.1, 0.15) is 0 Å². The van der Waals surface area contributed by atoms with Crippen molar-refractivity contribution in [3.8, 4) is 0 Å². The van der Waals surface area contributed by atoms with E-state index in [2.05, 4.69) is 34.6 Å². The molecule has 15 heavy (non-hydrogen) atoms. The van der Waals surface area contributed by atoms with Gasteiger partial charge < -0.3 is 8.85 Å². The van der Waals surface area contributed by atoms with Crippen LogP contribution in [0.25, 0.3) is 0 Å². The third-order valence-corrected chi connectivity index (χ3v) is 7.68. The van der Waals surface area contributed by atoms with Crippen molar-refractivity contribution in [1.82, 2.24) is 0 Å². The largest absolute Gasteiger partial charge is 0.394 e. The summed E-state index contributed by atoms with van der Waals surface area (Å²) in [5, 5.41) is 0. The molecule has 0 amide bonds. The van der Waals surface area contributed by atoms with Crippen LogP contribution in [0.1, 0.15) is 47.5 Å². The van der Waals surface area contributed by atoms with Crippen molar-refractivity contribution in [2.24, 2.45) is 5.41 Å². The molecule has 0 unspecified atom stereocenters. The van der Waals surface area contributed by atoms with E-state index in [1.54, 1.807) is 0 Å². The molecule has 0 aromatic heterocycles. The fraction of sp³-hybridized carbons (Fsp3) is 1.00. The third-order valence-electron chi connectivity index (χ3n) is 2.75. The molecule has 1 aliphatic rings. The van der Waals surface area contributed by atoms with Crippen molar-refractivity contribution in [3.63, 3.8) is 0 Å². The van der Waals surface area contributed by atoms with Crippen LogP contribution in [0, 0.1) is 5.41 Å². The first kappa shape index (κ1) is 13.2. The first-order valence-electron chi connectivity index (χ1n) is 6.21. The minimum atomic E-state index is -1.90. The molecule has 2 nitrogen and oxygen atoms in total. The molecule has 1 saturated carbocycles. The monoisotopic (exact) mass is 230 g/mol. The Kier molecular flexibility index (Phi) is 4.38. The molecule has 0 radical (unpaired) electrons. The van der Waals surface area contributed by atoms with Crippen molar-refractivity contribution < 1.29 is 8.85 Å². The Morgan fingerprint density at radius 2 is 1.53 bits per heavy atom. The molecule has 1 rings (SSSR count). The molecular formula is C12H26O2Si. The van der Waals surface area contributed by atoms with E-state index in [0.29, 0.717) is 5.41 Å². The minimum absolute atomic E-state index is 0.319. The zero-order chi connectivity index (χ0) is 11.5. The van der Waals surface area contributed by atoms with E-state index in [1.165, 1.54) is 12.8 Å². The van der Waals surface area contributed by atoms with Gasteiger partial charge in [-0.15, -0.1) is 0 Å². The van der Waals surface area contributed by atoms with Crippen molar-refractivity contribution >= 4 is 8.56 Å². The molecular weight excluding hydrogens is 204 g/mol. The lowest BCUT2D eigenvalue weighted by molar-refractivity contribution is 0.169. The van der Waals surface area contributed by atoms with Crippen molar-refractivity contribution in [2.45, 2.75) is 59.0 Å². The molecule has 0 spiro atoms. The van der Waals surface area contributed by atoms with Gasteiger partial charge in [0.25, 0.3) is 0 Å². The van der Waals surface area contributed by atoms with Gasteiger partial charge in [0.2, 0.25) is 0 Å². The van der Waals surface area contributed by atoms with Gasteiger partial charge in [0.15, 0.2) is 0 Å². The van der Waals surface area contributed by atoms with E-state index >= 15 is 0 Å². The molecule has 0 bridgehead atoms. The van der Waals surface area contributed by atoms with Crippen LogP contribution in [0.15, 0.2) is 0 Å². The lowest BCUT2D eigenvalue weighted by atomic mass is 10.0. The van der Waals surface area contributed by atoms with Crippen LogP contribution >= 0.6 is 0 Å². The van der Waals surface area contributed by atoms with Gasteiger partial charge >= 0.3 is 8.56 Å². The normalized spacial score (nSPS) is 18.2. The Morgan fingerprint density at radius 1 is 1.07 bits per heavy atom. The molecule has 0 N–H and O–H groups in total. The second kappa shape index (κ2) is 4.98. The first-order chi connectivity index (χ1) is 6.93. The van der Waals surface area contributed by atoms with Gasteiger partial charge in [0.05, 0.1) is 0 Å². The first-order valence-corrected chi connectivity index (χ1v) is 8.31. The zero-order valence-corrected chi connectivity index (χ0v) is 11.9. The fourth-order valence-electron chi connectivity index (χ4n) is 2.27. The quantitative estimate of drug-likeness (QED) is 0.648. The fourth-order valence-corrected chi connectivity index (χ4v) is 6.82. The summed E-state index contributed by atoms with van der Waals surface area (Å²) in [7, 11) is -1.90. The maximum absolute atomic E-state index is 6.09. The highest BCUT2D eigenvalue weighted by Crippen LogP contribution is 2.50. The maximum atomic E-state index is 6.09. The average molecular weight is 230 g/mol. The topological polar surface area (TPSA) is 18.5 Å². The van der Waals surface area contributed by atoms with Crippen LogP contribution in [0.4, 0.5) is 0 Å². The smallest absolute Gasteiger partial charge is 0.341 e. The standard InChI is InChI=1S/C12H26O2Si/c1-6-13-15(14-7-2,11-8-9-11)10-12(3,4)5/h11H,6-10H2,1-5H3. The van der Waals surface area contributed by atoms with Gasteiger partial charge in [-0.3, -0.25) is 0 Å². The molecule has 0 heterocycles. The number of rotatable bonds is 6. The van der Waals surface area contributed by atoms with E-state index in [1.807, 2.05) is 0 Å². The lowest BCUT2D eigenvalue weighted by Crippen LogP contribution is -2.46. The summed E-state index contributed by atoms with van der Waals surface area (Å²) in [6.07, 6.45) is 2.64. The summed E-state index contributed by atoms with van der Waals surface area (Å²) in [5.41, 5.74) is 1.08. The summed E-state index contributed by atoms with van der Waals surface area (Å²) in [4.78, 5) is 0. The van der Waals surface area contributed by atoms with Crippen LogP contribution in [-0.2, 0) is 8.85 Å². The van der Waals surface area contributed by atoms with Crippen molar-refractivity contribution in [3.05, 3.63) is 0 Å². The van der Waals surface area contributed by atoms with E-state index in [0.717, 1.165) is 24.8 Å². The Morgan fingerprint density at radius 3 is 1.80 bits per heavy atom. The molecule has 0 saturated heterocycles. The summed E-state index contributed by atoms with van der Waals surface area (Å²) in [5.74, 6) is 0. The highest BCUT2D eigenvalue weighted by molar-refractivity contribution is 6.70. The Labute approximate surface area is 95.6 Å². The lowest BCUT2D eigenvalue weighted by Gasteiger charge is -2.35. The minimum Gasteiger partial charge on any atom is -0.394 e. The Bertz CT molecular complexity index is 188. The molecule has 3 heteroatoms. The van der Waals surface area contributed by atoms with Crippen LogP contribution in [0.3, 0.4) is 0 Å². The van der Waals surface area contributed by atoms with Crippen molar-refractivity contribution in [2.75, 3.05) is 13.2 Å². The van der Waals surface area contributed by atoms with E-state index in [9.17, 15) is 0 Å². The zero-order valence-electron chi connectivity index (χ0n) is 10.9. The summed E-state index contributed by atoms with van der Waals surface area (Å²) < 4.78 is 12.2. The molecule has 0 aliphatic heterocycles. The molecule has 1 fully saturated rings. The second-order valence-electron chi connectivity index (χ2n) is 5.69. The summed E-state index contributed by atoms with van der Waals surface area (Å²) in [6.45, 7) is 12.6. The van der Waals surface area contributed by atoms with Gasteiger partial charge in [0, 0.05) is 18.8 Å². The Balaban J connectivity index is 2.71. The van der Waals surface area contributed by atoms with Crippen LogP contribution in [0.5, 0.6) is 0 Å². The van der Waals surface area contributed by atoms with Crippen LogP contribution in [-0.4, -0.2) is 21.8 Å². The van der Waals surface area contributed by atoms with Gasteiger partial charge in [-0.1, -0.05) is 20.8 Å². The van der Waals surface area contributed by atoms with Gasteiger partial charge in [-0.2, -0.15) is 0 Å². The van der Waals surface area contributed by atoms with E-state index in [4.69, 9.17) is 8.85 Å². The number of hydrogen-bond donors (Lipinski definition) is 0. The molecule has 90 valence electrons. The van der Waals surface area contributed by atoms with Gasteiger partial charge in [-0.25, -0.2) is 0 Å². The average Bonchev–Trinajstić information content (AvgIpc) is 2.83. The molecule has 0 atom stereocenters. The molecule has 0 aromatic rings. The second-order valence-corrected chi connectivity index (χ2v) is 9.06. The van der Waals surface area contributed by atoms with Crippen molar-refractivity contribution in [1.29, 1.82) is 0 Å². The third kappa shape index (κ3) is 3.89. The maximum Gasteiger partial charge on any atom is 0.341 e. The Hall–Kier alpha value is 0.137. The highest BCUT2D eigenvalue weighted by atomic mass is 28.4. The highest BCUT2D eigenvalue weighted by Gasteiger charge is 2.53. The summed E-state index contributed by atoms with van der Waals surface area (Å²) in [6, 6.07) is 1.13. The van der Waals surface area contributed by atoms with Crippen LogP contribution < -0.4 is 0 Å². The van der Waals surface area contributed by atoms with Gasteiger partial charge in [-0.05, 0) is 38.1 Å². The predicted octanol–water partition coefficient (Wildman–Crippen LogP) is 3.71. The number of hydrogen-bond acceptors (Lipinski definition) is 2. The summed E-state index contributed by atoms with van der Waals surface area (Å²) >= 11 is 0. The SMILES string of the molecule is CCO[Si](CC(C)(C)C)(OCC)C1CC1. The van der Waals surface area contributed by atoms with E-state index < -0.39 is 8.56 Å². The molecule has 0 aromatic carbocycles. The van der Waals surface area contributed by atoms with Crippen LogP contribution in [0.2, 0.25) is 11.6 Å².